The van der Waals surface area contributed by atoms with E-state index >= 15 is 0 Å². The quantitative estimate of drug-likeness (QED) is 0.620. The molecule has 2 heterocycles. The third-order valence-electron chi connectivity index (χ3n) is 8.23. The number of hydrogen-bond acceptors (Lipinski definition) is 5. The number of fused-ring (bicyclic) bond motifs is 1. The molecule has 2 aromatic carbocycles. The molecule has 0 aromatic heterocycles. The van der Waals surface area contributed by atoms with E-state index in [1.165, 1.54) is 37.5 Å². The Hall–Kier alpha value is -2.70. The van der Waals surface area contributed by atoms with Gasteiger partial charge < -0.3 is 9.64 Å². The third-order valence-corrected chi connectivity index (χ3v) is 8.23. The number of piperazine rings is 1. The average molecular weight is 476 g/mol. The largest absolute Gasteiger partial charge is 0.465 e. The van der Waals surface area contributed by atoms with Gasteiger partial charge in [-0.3, -0.25) is 14.6 Å². The van der Waals surface area contributed by atoms with Crippen molar-refractivity contribution in [3.05, 3.63) is 70.8 Å². The molecular weight excluding hydrogens is 438 g/mol. The van der Waals surface area contributed by atoms with Crippen LogP contribution in [0.25, 0.3) is 0 Å². The Kier molecular flexibility index (Phi) is 7.49. The molecule has 1 amide bonds. The summed E-state index contributed by atoms with van der Waals surface area (Å²) in [6.07, 6.45) is 6.25. The van der Waals surface area contributed by atoms with Crippen molar-refractivity contribution in [1.29, 1.82) is 0 Å². The minimum Gasteiger partial charge on any atom is -0.465 e. The Balaban J connectivity index is 1.12. The van der Waals surface area contributed by atoms with E-state index in [0.29, 0.717) is 30.6 Å². The number of nitrogens with zero attached hydrogens (tertiary/aromatic N) is 3. The topological polar surface area (TPSA) is 53.1 Å². The highest BCUT2D eigenvalue weighted by Gasteiger charge is 2.31. The van der Waals surface area contributed by atoms with E-state index in [2.05, 4.69) is 34.1 Å². The normalized spacial score (nSPS) is 24.0. The summed E-state index contributed by atoms with van der Waals surface area (Å²) >= 11 is 0. The molecule has 2 atom stereocenters. The molecule has 35 heavy (non-hydrogen) atoms. The molecule has 0 saturated carbocycles. The van der Waals surface area contributed by atoms with E-state index in [1.54, 1.807) is 12.1 Å². The number of carbonyl (C=O) groups is 2. The fourth-order valence-corrected chi connectivity index (χ4v) is 6.10. The molecule has 2 aromatic rings. The lowest BCUT2D eigenvalue weighted by molar-refractivity contribution is -0.131. The Morgan fingerprint density at radius 1 is 0.829 bits per heavy atom. The van der Waals surface area contributed by atoms with Gasteiger partial charge in [-0.25, -0.2) is 4.79 Å². The third kappa shape index (κ3) is 5.60. The predicted molar refractivity (Wildman–Crippen MR) is 136 cm³/mol. The second kappa shape index (κ2) is 10.9. The predicted octanol–water partition coefficient (Wildman–Crippen LogP) is 3.53. The van der Waals surface area contributed by atoms with Gasteiger partial charge in [-0.15, -0.1) is 0 Å². The van der Waals surface area contributed by atoms with Crippen LogP contribution in [0.1, 0.15) is 52.7 Å². The Morgan fingerprint density at radius 2 is 1.49 bits per heavy atom. The van der Waals surface area contributed by atoms with Gasteiger partial charge in [0.05, 0.1) is 12.7 Å². The Labute approximate surface area is 208 Å². The zero-order chi connectivity index (χ0) is 24.2. The fraction of sp³-hybridized carbons (Fsp3) is 0.517. The number of ether oxygens (including phenoxy) is 1. The lowest BCUT2D eigenvalue weighted by Gasteiger charge is -2.43. The number of rotatable bonds is 5. The van der Waals surface area contributed by atoms with Gasteiger partial charge >= 0.3 is 5.97 Å². The molecular formula is C29H37N3O3. The summed E-state index contributed by atoms with van der Waals surface area (Å²) in [5.74, 6) is -0.0947. The minimum atomic E-state index is -0.335. The second-order valence-corrected chi connectivity index (χ2v) is 10.2. The SMILES string of the molecule is COC(=O)c1ccc(CN2CC[C@H](N3CCN([C@H]4CCc5ccccc5C4)CC3)CCC2=O)cc1. The number of amides is 1. The van der Waals surface area contributed by atoms with Crippen molar-refractivity contribution >= 4 is 11.9 Å². The number of esters is 1. The maximum absolute atomic E-state index is 12.9. The first-order chi connectivity index (χ1) is 17.1. The van der Waals surface area contributed by atoms with E-state index < -0.39 is 0 Å². The van der Waals surface area contributed by atoms with Crippen molar-refractivity contribution in [2.45, 2.75) is 57.2 Å². The van der Waals surface area contributed by atoms with Crippen LogP contribution in [0.2, 0.25) is 0 Å². The van der Waals surface area contributed by atoms with Gasteiger partial charge in [0, 0.05) is 57.8 Å². The molecule has 0 N–H and O–H groups in total. The molecule has 186 valence electrons. The van der Waals surface area contributed by atoms with Crippen LogP contribution in [0.3, 0.4) is 0 Å². The molecule has 0 unspecified atom stereocenters. The summed E-state index contributed by atoms with van der Waals surface area (Å²) in [6.45, 7) is 5.87. The molecule has 1 aliphatic carbocycles. The molecule has 0 radical (unpaired) electrons. The van der Waals surface area contributed by atoms with Crippen molar-refractivity contribution in [1.82, 2.24) is 14.7 Å². The first kappa shape index (κ1) is 24.0. The summed E-state index contributed by atoms with van der Waals surface area (Å²) in [7, 11) is 1.39. The van der Waals surface area contributed by atoms with Crippen molar-refractivity contribution in [2.24, 2.45) is 0 Å². The monoisotopic (exact) mass is 475 g/mol. The highest BCUT2D eigenvalue weighted by atomic mass is 16.5. The zero-order valence-electron chi connectivity index (χ0n) is 20.8. The number of carbonyl (C=O) groups excluding carboxylic acids is 2. The highest BCUT2D eigenvalue weighted by Crippen LogP contribution is 2.27. The van der Waals surface area contributed by atoms with Crippen molar-refractivity contribution in [3.8, 4) is 0 Å². The maximum atomic E-state index is 12.9. The lowest BCUT2D eigenvalue weighted by Crippen LogP contribution is -2.54. The van der Waals surface area contributed by atoms with Gasteiger partial charge in [0.25, 0.3) is 0 Å². The van der Waals surface area contributed by atoms with Crippen LogP contribution in [-0.2, 0) is 28.9 Å². The van der Waals surface area contributed by atoms with Gasteiger partial charge in [0.2, 0.25) is 5.91 Å². The van der Waals surface area contributed by atoms with Crippen LogP contribution in [0, 0.1) is 0 Å². The number of likely N-dealkylation sites (tertiary alicyclic amines) is 1. The number of benzene rings is 2. The number of aryl methyl sites for hydroxylation is 1. The molecule has 0 bridgehead atoms. The summed E-state index contributed by atoms with van der Waals surface area (Å²) in [6, 6.07) is 17.5. The van der Waals surface area contributed by atoms with Crippen LogP contribution >= 0.6 is 0 Å². The summed E-state index contributed by atoms with van der Waals surface area (Å²) in [5, 5.41) is 0. The zero-order valence-corrected chi connectivity index (χ0v) is 20.8. The Bertz CT molecular complexity index is 1030. The van der Waals surface area contributed by atoms with Crippen LogP contribution in [0.4, 0.5) is 0 Å². The van der Waals surface area contributed by atoms with E-state index in [-0.39, 0.29) is 11.9 Å². The van der Waals surface area contributed by atoms with E-state index in [9.17, 15) is 9.59 Å². The van der Waals surface area contributed by atoms with Gasteiger partial charge in [0.1, 0.15) is 0 Å². The number of methoxy groups -OCH3 is 1. The van der Waals surface area contributed by atoms with Crippen LogP contribution < -0.4 is 0 Å². The van der Waals surface area contributed by atoms with Gasteiger partial charge in [-0.05, 0) is 60.9 Å². The summed E-state index contributed by atoms with van der Waals surface area (Å²) in [4.78, 5) is 31.8. The second-order valence-electron chi connectivity index (χ2n) is 10.2. The summed E-state index contributed by atoms with van der Waals surface area (Å²) in [5.41, 5.74) is 4.66. The first-order valence-corrected chi connectivity index (χ1v) is 13.1. The average Bonchev–Trinajstić information content (AvgIpc) is 3.09. The smallest absolute Gasteiger partial charge is 0.337 e. The fourth-order valence-electron chi connectivity index (χ4n) is 6.10. The van der Waals surface area contributed by atoms with E-state index in [1.807, 2.05) is 17.0 Å². The number of hydrogen-bond donors (Lipinski definition) is 0. The minimum absolute atomic E-state index is 0.240. The molecule has 3 aliphatic rings. The van der Waals surface area contributed by atoms with Crippen molar-refractivity contribution in [3.63, 3.8) is 0 Å². The van der Waals surface area contributed by atoms with Gasteiger partial charge in [-0.1, -0.05) is 36.4 Å². The van der Waals surface area contributed by atoms with E-state index in [4.69, 9.17) is 4.74 Å². The summed E-state index contributed by atoms with van der Waals surface area (Å²) < 4.78 is 4.77. The molecule has 5 rings (SSSR count). The molecule has 2 fully saturated rings. The first-order valence-electron chi connectivity index (χ1n) is 13.1. The molecule has 6 nitrogen and oxygen atoms in total. The van der Waals surface area contributed by atoms with Crippen LogP contribution in [0.15, 0.2) is 48.5 Å². The molecule has 2 saturated heterocycles. The van der Waals surface area contributed by atoms with Crippen LogP contribution in [-0.4, -0.2) is 78.5 Å². The maximum Gasteiger partial charge on any atom is 0.337 e. The Morgan fingerprint density at radius 3 is 2.20 bits per heavy atom. The molecule has 6 heteroatoms. The van der Waals surface area contributed by atoms with Gasteiger partial charge in [-0.2, -0.15) is 0 Å². The van der Waals surface area contributed by atoms with Crippen molar-refractivity contribution in [2.75, 3.05) is 39.8 Å². The van der Waals surface area contributed by atoms with E-state index in [0.717, 1.165) is 51.1 Å². The lowest BCUT2D eigenvalue weighted by atomic mass is 9.87. The van der Waals surface area contributed by atoms with Gasteiger partial charge in [0.15, 0.2) is 0 Å². The molecule has 2 aliphatic heterocycles. The van der Waals surface area contributed by atoms with Crippen LogP contribution in [0.5, 0.6) is 0 Å². The highest BCUT2D eigenvalue weighted by molar-refractivity contribution is 5.89. The molecule has 0 spiro atoms. The van der Waals surface area contributed by atoms with Crippen molar-refractivity contribution < 1.29 is 14.3 Å². The standard InChI is InChI=1S/C29H37N3O3/c1-35-29(34)24-8-6-22(7-9-24)21-32-15-14-26(12-13-28(32)33)30-16-18-31(19-17-30)27-11-10-23-4-2-3-5-25(23)20-27/h2-9,26-27H,10-21H2,1H3/t26-,27+/m1/s1.